The Morgan fingerprint density at radius 3 is 2.38 bits per heavy atom. The Hall–Kier alpha value is -0.530. The molecule has 2 nitrogen and oxygen atoms in total. The monoisotopic (exact) mass is 186 g/mol. The molecule has 2 heteroatoms. The maximum absolute atomic E-state index is 11.2. The standard InChI is InChI=1S/C11H22O2/c1-5-6-7-11(12)13-10(4)8-9(2)3/h9-10H,5-8H2,1-4H3. The Kier molecular flexibility index (Phi) is 6.65. The van der Waals surface area contributed by atoms with Crippen molar-refractivity contribution in [2.75, 3.05) is 0 Å². The van der Waals surface area contributed by atoms with Gasteiger partial charge >= 0.3 is 5.97 Å². The number of ether oxygens (including phenoxy) is 1. The van der Waals surface area contributed by atoms with E-state index in [1.807, 2.05) is 6.92 Å². The molecule has 0 aliphatic heterocycles. The van der Waals surface area contributed by atoms with Crippen LogP contribution in [0.3, 0.4) is 0 Å². The minimum atomic E-state index is -0.0463. The number of carbonyl (C=O) groups excluding carboxylic acids is 1. The molecule has 0 heterocycles. The lowest BCUT2D eigenvalue weighted by Gasteiger charge is -2.14. The number of carbonyl (C=O) groups is 1. The number of unbranched alkanes of at least 4 members (excludes halogenated alkanes) is 1. The second-order valence-electron chi connectivity index (χ2n) is 4.03. The molecule has 1 atom stereocenters. The molecule has 0 rings (SSSR count). The van der Waals surface area contributed by atoms with Gasteiger partial charge in [-0.2, -0.15) is 0 Å². The molecule has 0 N–H and O–H groups in total. The largest absolute Gasteiger partial charge is 0.463 e. The molecule has 0 aliphatic rings. The molecule has 0 fully saturated rings. The molecule has 0 aliphatic carbocycles. The van der Waals surface area contributed by atoms with Crippen molar-refractivity contribution in [3.8, 4) is 0 Å². The highest BCUT2D eigenvalue weighted by atomic mass is 16.5. The molecular weight excluding hydrogens is 164 g/mol. The zero-order valence-electron chi connectivity index (χ0n) is 9.30. The fourth-order valence-electron chi connectivity index (χ4n) is 1.32. The summed E-state index contributed by atoms with van der Waals surface area (Å²) in [7, 11) is 0. The third-order valence-electron chi connectivity index (χ3n) is 1.87. The predicted octanol–water partition coefficient (Wildman–Crippen LogP) is 3.15. The van der Waals surface area contributed by atoms with E-state index in [0.717, 1.165) is 19.3 Å². The zero-order valence-corrected chi connectivity index (χ0v) is 9.30. The smallest absolute Gasteiger partial charge is 0.306 e. The molecule has 0 saturated heterocycles. The highest BCUT2D eigenvalue weighted by Crippen LogP contribution is 2.09. The summed E-state index contributed by atoms with van der Waals surface area (Å²) in [5.74, 6) is 0.545. The first kappa shape index (κ1) is 12.5. The van der Waals surface area contributed by atoms with Gasteiger partial charge in [-0.15, -0.1) is 0 Å². The molecule has 0 spiro atoms. The van der Waals surface area contributed by atoms with Crippen LogP contribution < -0.4 is 0 Å². The lowest BCUT2D eigenvalue weighted by atomic mass is 10.1. The van der Waals surface area contributed by atoms with E-state index in [1.54, 1.807) is 0 Å². The van der Waals surface area contributed by atoms with Crippen LogP contribution in [0.25, 0.3) is 0 Å². The van der Waals surface area contributed by atoms with Gasteiger partial charge in [0.15, 0.2) is 0 Å². The molecule has 1 unspecified atom stereocenters. The maximum atomic E-state index is 11.2. The molecule has 78 valence electrons. The van der Waals surface area contributed by atoms with Gasteiger partial charge in [0.2, 0.25) is 0 Å². The Labute approximate surface area is 81.7 Å². The molecule has 0 bridgehead atoms. The van der Waals surface area contributed by atoms with E-state index >= 15 is 0 Å². The first-order valence-electron chi connectivity index (χ1n) is 5.25. The van der Waals surface area contributed by atoms with Crippen LogP contribution in [0.2, 0.25) is 0 Å². The van der Waals surface area contributed by atoms with E-state index in [4.69, 9.17) is 4.74 Å². The summed E-state index contributed by atoms with van der Waals surface area (Å²) >= 11 is 0. The van der Waals surface area contributed by atoms with Gasteiger partial charge in [-0.25, -0.2) is 0 Å². The fourth-order valence-corrected chi connectivity index (χ4v) is 1.32. The minimum absolute atomic E-state index is 0.0463. The maximum Gasteiger partial charge on any atom is 0.306 e. The number of rotatable bonds is 6. The SMILES string of the molecule is CCCCC(=O)OC(C)CC(C)C. The lowest BCUT2D eigenvalue weighted by molar-refractivity contribution is -0.148. The molecule has 0 aromatic heterocycles. The van der Waals surface area contributed by atoms with Crippen LogP contribution in [-0.4, -0.2) is 12.1 Å². The summed E-state index contributed by atoms with van der Waals surface area (Å²) in [6, 6.07) is 0. The summed E-state index contributed by atoms with van der Waals surface area (Å²) in [4.78, 5) is 11.2. The van der Waals surface area contributed by atoms with Crippen LogP contribution in [0.1, 0.15) is 53.4 Å². The lowest BCUT2D eigenvalue weighted by Crippen LogP contribution is -2.16. The first-order valence-corrected chi connectivity index (χ1v) is 5.25. The van der Waals surface area contributed by atoms with Gasteiger partial charge in [0.1, 0.15) is 0 Å². The van der Waals surface area contributed by atoms with Gasteiger partial charge in [-0.1, -0.05) is 27.2 Å². The van der Waals surface area contributed by atoms with Crippen LogP contribution in [-0.2, 0) is 9.53 Å². The van der Waals surface area contributed by atoms with E-state index < -0.39 is 0 Å². The molecule has 0 aromatic rings. The van der Waals surface area contributed by atoms with Crippen LogP contribution in [0.5, 0.6) is 0 Å². The molecular formula is C11H22O2. The number of hydrogen-bond donors (Lipinski definition) is 0. The van der Waals surface area contributed by atoms with E-state index in [9.17, 15) is 4.79 Å². The van der Waals surface area contributed by atoms with Gasteiger partial charge in [0, 0.05) is 6.42 Å². The van der Waals surface area contributed by atoms with Crippen LogP contribution in [0.4, 0.5) is 0 Å². The second-order valence-corrected chi connectivity index (χ2v) is 4.03. The molecule has 0 amide bonds. The van der Waals surface area contributed by atoms with E-state index in [1.165, 1.54) is 0 Å². The third kappa shape index (κ3) is 7.82. The number of hydrogen-bond acceptors (Lipinski definition) is 2. The van der Waals surface area contributed by atoms with Crippen molar-refractivity contribution in [3.05, 3.63) is 0 Å². The quantitative estimate of drug-likeness (QED) is 0.596. The van der Waals surface area contributed by atoms with E-state index in [-0.39, 0.29) is 12.1 Å². The van der Waals surface area contributed by atoms with Crippen molar-refractivity contribution in [2.45, 2.75) is 59.5 Å². The van der Waals surface area contributed by atoms with Crippen molar-refractivity contribution >= 4 is 5.97 Å². The Morgan fingerprint density at radius 1 is 1.31 bits per heavy atom. The Bertz CT molecular complexity index is 141. The Morgan fingerprint density at radius 2 is 1.92 bits per heavy atom. The third-order valence-corrected chi connectivity index (χ3v) is 1.87. The first-order chi connectivity index (χ1) is 6.06. The second kappa shape index (κ2) is 6.93. The van der Waals surface area contributed by atoms with Crippen LogP contribution >= 0.6 is 0 Å². The van der Waals surface area contributed by atoms with Gasteiger partial charge < -0.3 is 4.74 Å². The van der Waals surface area contributed by atoms with Crippen molar-refractivity contribution in [2.24, 2.45) is 5.92 Å². The molecule has 13 heavy (non-hydrogen) atoms. The Balaban J connectivity index is 3.53. The van der Waals surface area contributed by atoms with Gasteiger partial charge in [-0.05, 0) is 25.7 Å². The van der Waals surface area contributed by atoms with E-state index in [0.29, 0.717) is 12.3 Å². The van der Waals surface area contributed by atoms with Crippen molar-refractivity contribution in [1.29, 1.82) is 0 Å². The highest BCUT2D eigenvalue weighted by molar-refractivity contribution is 5.69. The summed E-state index contributed by atoms with van der Waals surface area (Å²) in [5, 5.41) is 0. The summed E-state index contributed by atoms with van der Waals surface area (Å²) < 4.78 is 5.22. The average molecular weight is 186 g/mol. The summed E-state index contributed by atoms with van der Waals surface area (Å²) in [6.07, 6.45) is 3.59. The normalized spacial score (nSPS) is 13.0. The van der Waals surface area contributed by atoms with Crippen LogP contribution in [0.15, 0.2) is 0 Å². The van der Waals surface area contributed by atoms with Crippen molar-refractivity contribution in [1.82, 2.24) is 0 Å². The zero-order chi connectivity index (χ0) is 10.3. The van der Waals surface area contributed by atoms with Crippen molar-refractivity contribution < 1.29 is 9.53 Å². The summed E-state index contributed by atoms with van der Waals surface area (Å²) in [6.45, 7) is 8.31. The van der Waals surface area contributed by atoms with Crippen molar-refractivity contribution in [3.63, 3.8) is 0 Å². The van der Waals surface area contributed by atoms with Crippen LogP contribution in [0, 0.1) is 5.92 Å². The molecule has 0 saturated carbocycles. The number of esters is 1. The minimum Gasteiger partial charge on any atom is -0.463 e. The van der Waals surface area contributed by atoms with E-state index in [2.05, 4.69) is 20.8 Å². The fraction of sp³-hybridized carbons (Fsp3) is 0.909. The van der Waals surface area contributed by atoms with Gasteiger partial charge in [-0.3, -0.25) is 4.79 Å². The van der Waals surface area contributed by atoms with Gasteiger partial charge in [0.05, 0.1) is 6.10 Å². The van der Waals surface area contributed by atoms with Gasteiger partial charge in [0.25, 0.3) is 0 Å². The molecule has 0 radical (unpaired) electrons. The average Bonchev–Trinajstić information content (AvgIpc) is 1.98. The predicted molar refractivity (Wildman–Crippen MR) is 54.5 cm³/mol. The highest BCUT2D eigenvalue weighted by Gasteiger charge is 2.10. The summed E-state index contributed by atoms with van der Waals surface area (Å²) in [5.41, 5.74) is 0. The molecule has 0 aromatic carbocycles. The topological polar surface area (TPSA) is 26.3 Å².